The van der Waals surface area contributed by atoms with Crippen molar-refractivity contribution in [1.29, 1.82) is 0 Å². The summed E-state index contributed by atoms with van der Waals surface area (Å²) in [5.41, 5.74) is 5.05. The van der Waals surface area contributed by atoms with Crippen molar-refractivity contribution in [2.24, 2.45) is 0 Å². The lowest BCUT2D eigenvalue weighted by Gasteiger charge is -2.01. The quantitative estimate of drug-likeness (QED) is 0.640. The molecular weight excluding hydrogens is 290 g/mol. The van der Waals surface area contributed by atoms with E-state index in [4.69, 9.17) is 4.42 Å². The topological polar surface area (TPSA) is 26.0 Å². The first-order valence-electron chi connectivity index (χ1n) is 5.78. The summed E-state index contributed by atoms with van der Waals surface area (Å²) in [4.78, 5) is 4.59. The molecule has 1 aromatic heterocycles. The van der Waals surface area contributed by atoms with E-state index in [2.05, 4.69) is 34.8 Å². The van der Waals surface area contributed by atoms with Crippen LogP contribution in [-0.2, 0) is 0 Å². The molecule has 2 aromatic carbocycles. The number of aryl methyl sites for hydroxylation is 2. The van der Waals surface area contributed by atoms with Crippen LogP contribution in [-0.4, -0.2) is 4.98 Å². The first-order chi connectivity index (χ1) is 8.66. The van der Waals surface area contributed by atoms with Crippen molar-refractivity contribution >= 4 is 27.0 Å². The lowest BCUT2D eigenvalue weighted by atomic mass is 10.1. The van der Waals surface area contributed by atoms with Crippen molar-refractivity contribution in [2.75, 3.05) is 0 Å². The molecule has 0 fully saturated rings. The van der Waals surface area contributed by atoms with Crippen LogP contribution in [0.5, 0.6) is 0 Å². The molecule has 3 heteroatoms. The second kappa shape index (κ2) is 4.25. The van der Waals surface area contributed by atoms with Gasteiger partial charge in [0, 0.05) is 10.0 Å². The highest BCUT2D eigenvalue weighted by molar-refractivity contribution is 9.10. The Balaban J connectivity index is 2.27. The summed E-state index contributed by atoms with van der Waals surface area (Å²) in [6.07, 6.45) is 0. The number of oxazole rings is 1. The summed E-state index contributed by atoms with van der Waals surface area (Å²) in [5.74, 6) is 0.672. The van der Waals surface area contributed by atoms with Gasteiger partial charge in [0.2, 0.25) is 5.89 Å². The van der Waals surface area contributed by atoms with Gasteiger partial charge in [0.05, 0.1) is 0 Å². The average molecular weight is 302 g/mol. The minimum Gasteiger partial charge on any atom is -0.436 e. The molecule has 0 N–H and O–H groups in total. The Morgan fingerprint density at radius 1 is 1.11 bits per heavy atom. The highest BCUT2D eigenvalue weighted by atomic mass is 79.9. The lowest BCUT2D eigenvalue weighted by molar-refractivity contribution is 0.619. The largest absolute Gasteiger partial charge is 0.436 e. The zero-order chi connectivity index (χ0) is 12.7. The molecule has 2 nitrogen and oxygen atoms in total. The number of halogens is 1. The molecule has 0 amide bonds. The van der Waals surface area contributed by atoms with Gasteiger partial charge in [0.1, 0.15) is 5.52 Å². The second-order valence-electron chi connectivity index (χ2n) is 4.36. The maximum atomic E-state index is 5.84. The van der Waals surface area contributed by atoms with Gasteiger partial charge in [0.15, 0.2) is 5.58 Å². The molecule has 0 bridgehead atoms. The first kappa shape index (κ1) is 11.5. The highest BCUT2D eigenvalue weighted by Gasteiger charge is 2.13. The van der Waals surface area contributed by atoms with Crippen LogP contribution in [0.4, 0.5) is 0 Å². The Labute approximate surface area is 114 Å². The van der Waals surface area contributed by atoms with Gasteiger partial charge in [-0.1, -0.05) is 34.1 Å². The number of rotatable bonds is 1. The van der Waals surface area contributed by atoms with Crippen molar-refractivity contribution in [2.45, 2.75) is 13.8 Å². The monoisotopic (exact) mass is 301 g/mol. The number of hydrogen-bond acceptors (Lipinski definition) is 2. The van der Waals surface area contributed by atoms with Crippen molar-refractivity contribution in [1.82, 2.24) is 4.98 Å². The van der Waals surface area contributed by atoms with Crippen LogP contribution in [0.15, 0.2) is 45.3 Å². The van der Waals surface area contributed by atoms with Gasteiger partial charge < -0.3 is 4.42 Å². The molecule has 0 saturated heterocycles. The van der Waals surface area contributed by atoms with Gasteiger partial charge in [-0.2, -0.15) is 0 Å². The molecule has 0 aliphatic heterocycles. The molecule has 1 heterocycles. The molecule has 0 aliphatic rings. The van der Waals surface area contributed by atoms with E-state index < -0.39 is 0 Å². The summed E-state index contributed by atoms with van der Waals surface area (Å²) in [6.45, 7) is 4.11. The van der Waals surface area contributed by atoms with Crippen LogP contribution in [0.1, 0.15) is 11.1 Å². The Morgan fingerprint density at radius 2 is 1.83 bits per heavy atom. The molecule has 18 heavy (non-hydrogen) atoms. The zero-order valence-electron chi connectivity index (χ0n) is 10.2. The van der Waals surface area contributed by atoms with E-state index in [9.17, 15) is 0 Å². The molecule has 0 spiro atoms. The standard InChI is InChI=1S/C15H12BrNO/c1-9-8-12-14(10(2)13(9)16)17-15(18-12)11-6-4-3-5-7-11/h3-8H,1-2H3. The smallest absolute Gasteiger partial charge is 0.227 e. The molecule has 0 aliphatic carbocycles. The molecule has 0 atom stereocenters. The predicted molar refractivity (Wildman–Crippen MR) is 76.6 cm³/mol. The third-order valence-electron chi connectivity index (χ3n) is 3.05. The van der Waals surface area contributed by atoms with E-state index >= 15 is 0 Å². The summed E-state index contributed by atoms with van der Waals surface area (Å²) in [5, 5.41) is 0. The molecule has 90 valence electrons. The van der Waals surface area contributed by atoms with E-state index in [-0.39, 0.29) is 0 Å². The van der Waals surface area contributed by atoms with E-state index in [1.807, 2.05) is 36.4 Å². The number of nitrogens with zero attached hydrogens (tertiary/aromatic N) is 1. The van der Waals surface area contributed by atoms with Crippen LogP contribution in [0.2, 0.25) is 0 Å². The number of hydrogen-bond donors (Lipinski definition) is 0. The normalized spacial score (nSPS) is 11.1. The number of aromatic nitrogens is 1. The molecule has 0 unspecified atom stereocenters. The van der Waals surface area contributed by atoms with Gasteiger partial charge in [-0.05, 0) is 43.2 Å². The zero-order valence-corrected chi connectivity index (χ0v) is 11.8. The minimum atomic E-state index is 0.672. The van der Waals surface area contributed by atoms with E-state index in [1.54, 1.807) is 0 Å². The van der Waals surface area contributed by atoms with Crippen molar-refractivity contribution in [3.05, 3.63) is 52.0 Å². The first-order valence-corrected chi connectivity index (χ1v) is 6.58. The predicted octanol–water partition coefficient (Wildman–Crippen LogP) is 4.87. The highest BCUT2D eigenvalue weighted by Crippen LogP contribution is 2.32. The summed E-state index contributed by atoms with van der Waals surface area (Å²) >= 11 is 3.58. The van der Waals surface area contributed by atoms with Crippen molar-refractivity contribution < 1.29 is 4.42 Å². The molecular formula is C15H12BrNO. The van der Waals surface area contributed by atoms with Crippen LogP contribution >= 0.6 is 15.9 Å². The van der Waals surface area contributed by atoms with Crippen molar-refractivity contribution in [3.63, 3.8) is 0 Å². The van der Waals surface area contributed by atoms with Crippen LogP contribution < -0.4 is 0 Å². The summed E-state index contributed by atoms with van der Waals surface area (Å²) < 4.78 is 6.94. The summed E-state index contributed by atoms with van der Waals surface area (Å²) in [6, 6.07) is 12.0. The SMILES string of the molecule is Cc1cc2oc(-c3ccccc3)nc2c(C)c1Br. The van der Waals surface area contributed by atoms with Gasteiger partial charge >= 0.3 is 0 Å². The molecule has 3 aromatic rings. The van der Waals surface area contributed by atoms with Crippen LogP contribution in [0.25, 0.3) is 22.6 Å². The fraction of sp³-hybridized carbons (Fsp3) is 0.133. The fourth-order valence-corrected chi connectivity index (χ4v) is 2.36. The molecule has 0 saturated carbocycles. The number of benzene rings is 2. The Morgan fingerprint density at radius 3 is 2.56 bits per heavy atom. The Hall–Kier alpha value is -1.61. The van der Waals surface area contributed by atoms with Gasteiger partial charge in [-0.15, -0.1) is 0 Å². The maximum Gasteiger partial charge on any atom is 0.227 e. The molecule has 0 radical (unpaired) electrons. The van der Waals surface area contributed by atoms with E-state index in [1.165, 1.54) is 0 Å². The second-order valence-corrected chi connectivity index (χ2v) is 5.16. The van der Waals surface area contributed by atoms with E-state index in [0.717, 1.165) is 32.3 Å². The Kier molecular flexibility index (Phi) is 2.71. The number of fused-ring (bicyclic) bond motifs is 1. The molecule has 3 rings (SSSR count). The Bertz CT molecular complexity index is 716. The lowest BCUT2D eigenvalue weighted by Crippen LogP contribution is -1.83. The van der Waals surface area contributed by atoms with Crippen LogP contribution in [0.3, 0.4) is 0 Å². The third-order valence-corrected chi connectivity index (χ3v) is 4.27. The average Bonchev–Trinajstić information content (AvgIpc) is 2.81. The summed E-state index contributed by atoms with van der Waals surface area (Å²) in [7, 11) is 0. The van der Waals surface area contributed by atoms with Gasteiger partial charge in [-0.25, -0.2) is 4.98 Å². The minimum absolute atomic E-state index is 0.672. The van der Waals surface area contributed by atoms with E-state index in [0.29, 0.717) is 5.89 Å². The van der Waals surface area contributed by atoms with Crippen LogP contribution in [0, 0.1) is 13.8 Å². The van der Waals surface area contributed by atoms with Crippen molar-refractivity contribution in [3.8, 4) is 11.5 Å². The fourth-order valence-electron chi connectivity index (χ4n) is 2.06. The maximum absolute atomic E-state index is 5.84. The van der Waals surface area contributed by atoms with Gasteiger partial charge in [-0.3, -0.25) is 0 Å². The third kappa shape index (κ3) is 1.75. The van der Waals surface area contributed by atoms with Gasteiger partial charge in [0.25, 0.3) is 0 Å².